The standard InChI is InChI=1S/C17H29FO3Si/c1-13(2)19-17(20-14(3)4)21-22-12-6-5-7-15-8-10-16(18)11-9-15/h8-11,13-14,17H,5-7,12,22H2,1-4H3. The Morgan fingerprint density at radius 3 is 2.09 bits per heavy atom. The molecule has 0 aliphatic carbocycles. The van der Waals surface area contributed by atoms with Gasteiger partial charge in [-0.15, -0.1) is 0 Å². The van der Waals surface area contributed by atoms with Crippen LogP contribution >= 0.6 is 0 Å². The molecule has 0 saturated heterocycles. The summed E-state index contributed by atoms with van der Waals surface area (Å²) >= 11 is 0. The summed E-state index contributed by atoms with van der Waals surface area (Å²) in [6.07, 6.45) is 3.40. The summed E-state index contributed by atoms with van der Waals surface area (Å²) in [7, 11) is -0.639. The van der Waals surface area contributed by atoms with Crippen molar-refractivity contribution in [3.63, 3.8) is 0 Å². The molecule has 0 unspecified atom stereocenters. The van der Waals surface area contributed by atoms with E-state index in [0.29, 0.717) is 0 Å². The predicted octanol–water partition coefficient (Wildman–Crippen LogP) is 3.80. The second-order valence-electron chi connectivity index (χ2n) is 5.97. The number of benzene rings is 1. The Morgan fingerprint density at radius 2 is 1.55 bits per heavy atom. The Morgan fingerprint density at radius 1 is 0.955 bits per heavy atom. The SMILES string of the molecule is CC(C)OC(O[SiH2]CCCCc1ccc(F)cc1)OC(C)C. The third-order valence-corrected chi connectivity index (χ3v) is 4.34. The van der Waals surface area contributed by atoms with Gasteiger partial charge in [-0.1, -0.05) is 18.6 Å². The Balaban J connectivity index is 2.13. The molecular formula is C17H29FO3Si. The number of halogens is 1. The van der Waals surface area contributed by atoms with Crippen LogP contribution in [0.2, 0.25) is 6.04 Å². The molecule has 3 nitrogen and oxygen atoms in total. The molecule has 1 rings (SSSR count). The van der Waals surface area contributed by atoms with E-state index in [2.05, 4.69) is 0 Å². The smallest absolute Gasteiger partial charge is 0.262 e. The van der Waals surface area contributed by atoms with Crippen LogP contribution in [-0.2, 0) is 20.3 Å². The molecular weight excluding hydrogens is 299 g/mol. The second kappa shape index (κ2) is 10.9. The Hall–Kier alpha value is -0.753. The van der Waals surface area contributed by atoms with E-state index in [-0.39, 0.29) is 18.0 Å². The maximum absolute atomic E-state index is 12.8. The molecule has 5 heteroatoms. The van der Waals surface area contributed by atoms with Gasteiger partial charge in [-0.25, -0.2) is 4.39 Å². The summed E-state index contributed by atoms with van der Waals surface area (Å²) in [6.45, 7) is 7.38. The van der Waals surface area contributed by atoms with E-state index in [1.165, 1.54) is 17.7 Å². The quantitative estimate of drug-likeness (QED) is 0.351. The molecule has 1 aromatic rings. The summed E-state index contributed by atoms with van der Waals surface area (Å²) in [5, 5.41) is 0. The first-order valence-corrected chi connectivity index (χ1v) is 9.72. The molecule has 0 aromatic heterocycles. The third-order valence-electron chi connectivity index (χ3n) is 3.04. The van der Waals surface area contributed by atoms with E-state index < -0.39 is 16.2 Å². The lowest BCUT2D eigenvalue weighted by Crippen LogP contribution is -2.28. The molecule has 0 aliphatic rings. The van der Waals surface area contributed by atoms with Gasteiger partial charge in [0.05, 0.1) is 12.2 Å². The maximum Gasteiger partial charge on any atom is 0.262 e. The largest absolute Gasteiger partial charge is 0.379 e. The normalized spacial score (nSPS) is 12.4. The topological polar surface area (TPSA) is 27.7 Å². The van der Waals surface area contributed by atoms with Gasteiger partial charge in [0, 0.05) is 0 Å². The van der Waals surface area contributed by atoms with Crippen LogP contribution in [0.4, 0.5) is 4.39 Å². The van der Waals surface area contributed by atoms with Crippen LogP contribution in [0.5, 0.6) is 0 Å². The Bertz CT molecular complexity index is 385. The highest BCUT2D eigenvalue weighted by molar-refractivity contribution is 6.27. The first-order valence-electron chi connectivity index (χ1n) is 8.14. The Labute approximate surface area is 136 Å². The molecule has 0 saturated carbocycles. The van der Waals surface area contributed by atoms with Crippen molar-refractivity contribution in [2.75, 3.05) is 0 Å². The molecule has 0 atom stereocenters. The van der Waals surface area contributed by atoms with Gasteiger partial charge in [0.1, 0.15) is 5.82 Å². The Kier molecular flexibility index (Phi) is 9.55. The fraction of sp³-hybridized carbons (Fsp3) is 0.647. The van der Waals surface area contributed by atoms with Gasteiger partial charge >= 0.3 is 0 Å². The van der Waals surface area contributed by atoms with Gasteiger partial charge in [-0.3, -0.25) is 0 Å². The van der Waals surface area contributed by atoms with Crippen molar-refractivity contribution in [1.29, 1.82) is 0 Å². The summed E-state index contributed by atoms with van der Waals surface area (Å²) < 4.78 is 29.8. The van der Waals surface area contributed by atoms with Crippen molar-refractivity contribution in [2.24, 2.45) is 0 Å². The summed E-state index contributed by atoms with van der Waals surface area (Å²) in [5.41, 5.74) is 1.19. The van der Waals surface area contributed by atoms with E-state index in [0.717, 1.165) is 25.3 Å². The second-order valence-corrected chi connectivity index (χ2v) is 7.41. The molecule has 0 heterocycles. The minimum atomic E-state index is -0.639. The number of hydrogen-bond donors (Lipinski definition) is 0. The summed E-state index contributed by atoms with van der Waals surface area (Å²) in [6, 6.07) is 7.84. The van der Waals surface area contributed by atoms with E-state index in [1.807, 2.05) is 39.8 Å². The highest BCUT2D eigenvalue weighted by Crippen LogP contribution is 2.10. The van der Waals surface area contributed by atoms with Crippen molar-refractivity contribution in [3.8, 4) is 0 Å². The number of hydrogen-bond acceptors (Lipinski definition) is 3. The van der Waals surface area contributed by atoms with E-state index in [1.54, 1.807) is 0 Å². The van der Waals surface area contributed by atoms with Crippen LogP contribution in [0.25, 0.3) is 0 Å². The first kappa shape index (κ1) is 19.3. The number of unbranched alkanes of at least 4 members (excludes halogenated alkanes) is 1. The lowest BCUT2D eigenvalue weighted by Gasteiger charge is -2.23. The van der Waals surface area contributed by atoms with Crippen molar-refractivity contribution in [2.45, 2.75) is 71.7 Å². The van der Waals surface area contributed by atoms with Gasteiger partial charge in [0.25, 0.3) is 6.48 Å². The highest BCUT2D eigenvalue weighted by atomic mass is 28.2. The fourth-order valence-electron chi connectivity index (χ4n) is 1.99. The zero-order valence-electron chi connectivity index (χ0n) is 14.2. The molecule has 1 aromatic carbocycles. The van der Waals surface area contributed by atoms with Crippen molar-refractivity contribution < 1.29 is 18.3 Å². The minimum absolute atomic E-state index is 0.0937. The van der Waals surface area contributed by atoms with Crippen LogP contribution in [0, 0.1) is 5.82 Å². The third kappa shape index (κ3) is 9.30. The van der Waals surface area contributed by atoms with E-state index >= 15 is 0 Å². The van der Waals surface area contributed by atoms with Crippen molar-refractivity contribution in [3.05, 3.63) is 35.6 Å². The van der Waals surface area contributed by atoms with Gasteiger partial charge in [0.2, 0.25) is 0 Å². The number of ether oxygens (including phenoxy) is 2. The van der Waals surface area contributed by atoms with E-state index in [9.17, 15) is 4.39 Å². The highest BCUT2D eigenvalue weighted by Gasteiger charge is 2.13. The molecule has 0 amide bonds. The van der Waals surface area contributed by atoms with Crippen molar-refractivity contribution in [1.82, 2.24) is 0 Å². The first-order chi connectivity index (χ1) is 10.5. The monoisotopic (exact) mass is 328 g/mol. The summed E-state index contributed by atoms with van der Waals surface area (Å²) in [5.74, 6) is -0.175. The lowest BCUT2D eigenvalue weighted by molar-refractivity contribution is -0.275. The molecule has 0 spiro atoms. The fourth-order valence-corrected chi connectivity index (χ4v) is 3.07. The van der Waals surface area contributed by atoms with E-state index in [4.69, 9.17) is 13.9 Å². The maximum atomic E-state index is 12.8. The van der Waals surface area contributed by atoms with Gasteiger partial charge in [-0.2, -0.15) is 0 Å². The molecule has 0 aliphatic heterocycles. The molecule has 126 valence electrons. The van der Waals surface area contributed by atoms with Crippen LogP contribution in [-0.4, -0.2) is 28.4 Å². The average molecular weight is 328 g/mol. The van der Waals surface area contributed by atoms with Crippen LogP contribution in [0.1, 0.15) is 46.1 Å². The van der Waals surface area contributed by atoms with Crippen LogP contribution in [0.3, 0.4) is 0 Å². The van der Waals surface area contributed by atoms with Gasteiger partial charge in [0.15, 0.2) is 9.76 Å². The van der Waals surface area contributed by atoms with Crippen molar-refractivity contribution >= 4 is 9.76 Å². The number of aryl methyl sites for hydroxylation is 1. The number of rotatable bonds is 11. The molecule has 0 radical (unpaired) electrons. The molecule has 22 heavy (non-hydrogen) atoms. The van der Waals surface area contributed by atoms with Gasteiger partial charge < -0.3 is 13.9 Å². The molecule has 0 bridgehead atoms. The van der Waals surface area contributed by atoms with Crippen LogP contribution < -0.4 is 0 Å². The lowest BCUT2D eigenvalue weighted by atomic mass is 10.1. The zero-order valence-corrected chi connectivity index (χ0v) is 15.6. The van der Waals surface area contributed by atoms with Crippen LogP contribution in [0.15, 0.2) is 24.3 Å². The van der Waals surface area contributed by atoms with Gasteiger partial charge in [-0.05, 0) is 64.3 Å². The summed E-state index contributed by atoms with van der Waals surface area (Å²) in [4.78, 5) is 0. The molecule has 0 fully saturated rings. The average Bonchev–Trinajstić information content (AvgIpc) is 2.43. The predicted molar refractivity (Wildman–Crippen MR) is 90.0 cm³/mol. The zero-order chi connectivity index (χ0) is 16.4. The minimum Gasteiger partial charge on any atom is -0.379 e. The molecule has 0 N–H and O–H groups in total.